The van der Waals surface area contributed by atoms with Gasteiger partial charge in [0.15, 0.2) is 0 Å². The van der Waals surface area contributed by atoms with Gasteiger partial charge in [-0.15, -0.1) is 12.4 Å². The van der Waals surface area contributed by atoms with Gasteiger partial charge in [0.25, 0.3) is 0 Å². The molecule has 0 aromatic carbocycles. The molecule has 0 rings (SSSR count). The van der Waals surface area contributed by atoms with Gasteiger partial charge < -0.3 is 10.8 Å². The monoisotopic (exact) mass is 209 g/mol. The smallest absolute Gasteiger partial charge is 0.323 e. The summed E-state index contributed by atoms with van der Waals surface area (Å²) in [5, 5.41) is 8.87. The van der Waals surface area contributed by atoms with E-state index in [1.54, 1.807) is 0 Å². The first-order chi connectivity index (χ1) is 5.56. The number of carbonyl (C=O) groups is 1. The molecule has 3 N–H and O–H groups in total. The lowest BCUT2D eigenvalue weighted by Gasteiger charge is -2.23. The van der Waals surface area contributed by atoms with E-state index in [0.717, 1.165) is 19.3 Å². The highest BCUT2D eigenvalue weighted by Crippen LogP contribution is 2.17. The van der Waals surface area contributed by atoms with Crippen LogP contribution in [-0.4, -0.2) is 16.6 Å². The number of carboxylic acids is 1. The summed E-state index contributed by atoms with van der Waals surface area (Å²) >= 11 is 0. The highest BCUT2D eigenvalue weighted by molar-refractivity contribution is 5.85. The number of halogens is 1. The normalized spacial score (nSPS) is 14.4. The third-order valence-electron chi connectivity index (χ3n) is 2.10. The van der Waals surface area contributed by atoms with Crippen molar-refractivity contribution in [3.63, 3.8) is 0 Å². The van der Waals surface area contributed by atoms with E-state index in [4.69, 9.17) is 10.8 Å². The Morgan fingerprint density at radius 3 is 2.15 bits per heavy atom. The largest absolute Gasteiger partial charge is 0.480 e. The minimum Gasteiger partial charge on any atom is -0.480 e. The number of carboxylic acid groups (broad SMARTS) is 1. The van der Waals surface area contributed by atoms with Crippen molar-refractivity contribution in [2.75, 3.05) is 0 Å². The minimum absolute atomic E-state index is 0. The molecule has 1 unspecified atom stereocenters. The quantitative estimate of drug-likeness (QED) is 0.705. The van der Waals surface area contributed by atoms with Crippen molar-refractivity contribution in [3.8, 4) is 0 Å². The molecule has 0 spiro atoms. The summed E-state index contributed by atoms with van der Waals surface area (Å²) in [4.78, 5) is 10.8. The van der Waals surface area contributed by atoms with E-state index in [1.807, 2.05) is 13.8 Å². The van der Waals surface area contributed by atoms with Crippen LogP contribution in [0.3, 0.4) is 0 Å². The highest BCUT2D eigenvalue weighted by Gasteiger charge is 2.31. The molecule has 0 aromatic heterocycles. The molecule has 0 aliphatic rings. The van der Waals surface area contributed by atoms with Gasteiger partial charge in [0.2, 0.25) is 0 Å². The Kier molecular flexibility index (Phi) is 8.37. The maximum atomic E-state index is 10.8. The molecule has 0 radical (unpaired) electrons. The van der Waals surface area contributed by atoms with Crippen molar-refractivity contribution in [1.29, 1.82) is 0 Å². The van der Waals surface area contributed by atoms with Crippen LogP contribution in [0.25, 0.3) is 0 Å². The molecule has 1 atom stereocenters. The van der Waals surface area contributed by atoms with Crippen molar-refractivity contribution in [2.45, 2.75) is 51.5 Å². The molecule has 3 nitrogen and oxygen atoms in total. The summed E-state index contributed by atoms with van der Waals surface area (Å²) < 4.78 is 0. The van der Waals surface area contributed by atoms with Crippen LogP contribution in [0, 0.1) is 0 Å². The Bertz CT molecular complexity index is 153. The molecule has 80 valence electrons. The lowest BCUT2D eigenvalue weighted by atomic mass is 9.89. The maximum absolute atomic E-state index is 10.8. The van der Waals surface area contributed by atoms with Gasteiger partial charge in [-0.1, -0.05) is 33.1 Å². The summed E-state index contributed by atoms with van der Waals surface area (Å²) in [6.45, 7) is 3.99. The fourth-order valence-electron chi connectivity index (χ4n) is 1.28. The van der Waals surface area contributed by atoms with Gasteiger partial charge in [-0.3, -0.25) is 4.79 Å². The van der Waals surface area contributed by atoms with Crippen LogP contribution in [-0.2, 0) is 4.79 Å². The first-order valence-corrected chi connectivity index (χ1v) is 4.59. The Morgan fingerprint density at radius 2 is 1.85 bits per heavy atom. The second-order valence-electron chi connectivity index (χ2n) is 3.31. The maximum Gasteiger partial charge on any atom is 0.323 e. The van der Waals surface area contributed by atoms with E-state index in [-0.39, 0.29) is 12.4 Å². The molecule has 0 aliphatic carbocycles. The van der Waals surface area contributed by atoms with Gasteiger partial charge in [-0.2, -0.15) is 0 Å². The van der Waals surface area contributed by atoms with Crippen molar-refractivity contribution in [3.05, 3.63) is 0 Å². The van der Waals surface area contributed by atoms with Crippen LogP contribution in [0.2, 0.25) is 0 Å². The lowest BCUT2D eigenvalue weighted by Crippen LogP contribution is -2.47. The summed E-state index contributed by atoms with van der Waals surface area (Å²) in [5.74, 6) is -0.863. The molecule has 0 heterocycles. The summed E-state index contributed by atoms with van der Waals surface area (Å²) in [6, 6.07) is 0. The van der Waals surface area contributed by atoms with Gasteiger partial charge >= 0.3 is 5.97 Å². The van der Waals surface area contributed by atoms with Crippen molar-refractivity contribution in [2.24, 2.45) is 5.73 Å². The third-order valence-corrected chi connectivity index (χ3v) is 2.10. The van der Waals surface area contributed by atoms with Crippen LogP contribution < -0.4 is 5.73 Å². The molecule has 0 aliphatic heterocycles. The number of rotatable bonds is 6. The van der Waals surface area contributed by atoms with Gasteiger partial charge in [-0.05, 0) is 12.8 Å². The van der Waals surface area contributed by atoms with E-state index in [0.29, 0.717) is 12.8 Å². The zero-order chi connectivity index (χ0) is 9.61. The van der Waals surface area contributed by atoms with Gasteiger partial charge in [0, 0.05) is 0 Å². The molecule has 13 heavy (non-hydrogen) atoms. The number of aliphatic carboxylic acids is 1. The van der Waals surface area contributed by atoms with Crippen LogP contribution in [0.15, 0.2) is 0 Å². The SMILES string of the molecule is CCCCC(N)(CCC)C(=O)O.Cl. The standard InChI is InChI=1S/C9H19NO2.ClH/c1-3-5-7-9(10,6-4-2)8(11)12;/h3-7,10H2,1-2H3,(H,11,12);1H. The molecule has 0 saturated heterocycles. The number of unbranched alkanes of at least 4 members (excludes halogenated alkanes) is 1. The highest BCUT2D eigenvalue weighted by atomic mass is 35.5. The number of hydrogen-bond acceptors (Lipinski definition) is 2. The Hall–Kier alpha value is -0.280. The van der Waals surface area contributed by atoms with Gasteiger partial charge in [-0.25, -0.2) is 0 Å². The van der Waals surface area contributed by atoms with Crippen molar-refractivity contribution < 1.29 is 9.90 Å². The van der Waals surface area contributed by atoms with Crippen LogP contribution >= 0.6 is 12.4 Å². The first-order valence-electron chi connectivity index (χ1n) is 4.59. The van der Waals surface area contributed by atoms with Crippen LogP contribution in [0.5, 0.6) is 0 Å². The molecule has 4 heteroatoms. The van der Waals surface area contributed by atoms with E-state index in [9.17, 15) is 4.79 Å². The van der Waals surface area contributed by atoms with Crippen LogP contribution in [0.1, 0.15) is 46.0 Å². The van der Waals surface area contributed by atoms with E-state index < -0.39 is 11.5 Å². The summed E-state index contributed by atoms with van der Waals surface area (Å²) in [7, 11) is 0. The number of hydrogen-bond donors (Lipinski definition) is 2. The topological polar surface area (TPSA) is 63.3 Å². The molecule has 0 bridgehead atoms. The first kappa shape index (κ1) is 15.2. The lowest BCUT2D eigenvalue weighted by molar-refractivity contribution is -0.144. The predicted octanol–water partition coefficient (Wildman–Crippen LogP) is 2.18. The molecule has 0 aromatic rings. The number of nitrogens with two attached hydrogens (primary N) is 1. The van der Waals surface area contributed by atoms with E-state index >= 15 is 0 Å². The average molecular weight is 210 g/mol. The Morgan fingerprint density at radius 1 is 1.31 bits per heavy atom. The fourth-order valence-corrected chi connectivity index (χ4v) is 1.28. The average Bonchev–Trinajstić information content (AvgIpc) is 2.01. The third kappa shape index (κ3) is 5.11. The molecule has 0 saturated carbocycles. The Labute approximate surface area is 86.1 Å². The summed E-state index contributed by atoms with van der Waals surface area (Å²) in [5.41, 5.74) is 4.76. The van der Waals surface area contributed by atoms with Gasteiger partial charge in [0.05, 0.1) is 0 Å². The molecule has 0 amide bonds. The van der Waals surface area contributed by atoms with Crippen LogP contribution in [0.4, 0.5) is 0 Å². The second kappa shape index (κ2) is 7.15. The molecular weight excluding hydrogens is 190 g/mol. The van der Waals surface area contributed by atoms with Crippen molar-refractivity contribution >= 4 is 18.4 Å². The summed E-state index contributed by atoms with van der Waals surface area (Å²) in [6.07, 6.45) is 3.88. The van der Waals surface area contributed by atoms with Gasteiger partial charge in [0.1, 0.15) is 5.54 Å². The fraction of sp³-hybridized carbons (Fsp3) is 0.889. The predicted molar refractivity (Wildman–Crippen MR) is 56.2 cm³/mol. The Balaban J connectivity index is 0. The molecular formula is C9H20ClNO2. The van der Waals surface area contributed by atoms with Crippen molar-refractivity contribution in [1.82, 2.24) is 0 Å². The zero-order valence-corrected chi connectivity index (χ0v) is 9.19. The van der Waals surface area contributed by atoms with E-state index in [2.05, 4.69) is 0 Å². The van der Waals surface area contributed by atoms with E-state index in [1.165, 1.54) is 0 Å². The molecule has 0 fully saturated rings. The second-order valence-corrected chi connectivity index (χ2v) is 3.31. The minimum atomic E-state index is -0.981. The zero-order valence-electron chi connectivity index (χ0n) is 8.38.